The van der Waals surface area contributed by atoms with Crippen LogP contribution in [0.15, 0.2) is 24.3 Å². The van der Waals surface area contributed by atoms with Gasteiger partial charge in [0.1, 0.15) is 6.10 Å². The van der Waals surface area contributed by atoms with Crippen molar-refractivity contribution >= 4 is 12.4 Å². The lowest BCUT2D eigenvalue weighted by molar-refractivity contribution is 0.0306. The van der Waals surface area contributed by atoms with E-state index in [0.29, 0.717) is 13.2 Å². The molecule has 1 aromatic rings. The highest BCUT2D eigenvalue weighted by Crippen LogP contribution is 2.13. The van der Waals surface area contributed by atoms with Gasteiger partial charge >= 0.3 is 0 Å². The van der Waals surface area contributed by atoms with Gasteiger partial charge in [-0.25, -0.2) is 0 Å². The summed E-state index contributed by atoms with van der Waals surface area (Å²) >= 11 is 0. The van der Waals surface area contributed by atoms with Crippen molar-refractivity contribution in [1.82, 2.24) is 4.90 Å². The number of hydrogen-bond acceptors (Lipinski definition) is 3. The van der Waals surface area contributed by atoms with Gasteiger partial charge in [0.15, 0.2) is 0 Å². The van der Waals surface area contributed by atoms with E-state index in [1.165, 1.54) is 5.56 Å². The van der Waals surface area contributed by atoms with Crippen LogP contribution < -0.4 is 0 Å². The second-order valence-electron chi connectivity index (χ2n) is 4.30. The zero-order valence-corrected chi connectivity index (χ0v) is 11.5. The van der Waals surface area contributed by atoms with E-state index in [1.807, 2.05) is 45.3 Å². The maximum absolute atomic E-state index is 9.84. The van der Waals surface area contributed by atoms with Crippen molar-refractivity contribution in [2.75, 3.05) is 33.9 Å². The Balaban J connectivity index is 0.00000256. The fraction of sp³-hybridized carbons (Fsp3) is 0.538. The zero-order valence-electron chi connectivity index (χ0n) is 10.7. The van der Waals surface area contributed by atoms with Crippen molar-refractivity contribution in [3.8, 4) is 0 Å². The Morgan fingerprint density at radius 2 is 1.82 bits per heavy atom. The fourth-order valence-corrected chi connectivity index (χ4v) is 1.33. The molecule has 17 heavy (non-hydrogen) atoms. The number of halogens is 1. The first kappa shape index (κ1) is 16.4. The molecule has 0 aromatic heterocycles. The molecular formula is C13H22ClNO2. The molecule has 0 saturated carbocycles. The first-order valence-electron chi connectivity index (χ1n) is 5.56. The number of nitrogens with zero attached hydrogens (tertiary/aromatic N) is 1. The molecule has 0 aliphatic heterocycles. The molecule has 0 fully saturated rings. The molecule has 1 aromatic carbocycles. The number of aliphatic hydroxyl groups is 1. The number of aryl methyl sites for hydroxylation is 1. The fourth-order valence-electron chi connectivity index (χ4n) is 1.33. The standard InChI is InChI=1S/C13H21NO2.ClH/c1-11-4-6-12(7-5-11)13(15)10-16-9-8-14(2)3;/h4-7,13,15H,8-10H2,1-3H3;1H. The Morgan fingerprint density at radius 1 is 1.24 bits per heavy atom. The van der Waals surface area contributed by atoms with E-state index in [0.717, 1.165) is 12.1 Å². The van der Waals surface area contributed by atoms with Crippen molar-refractivity contribution in [1.29, 1.82) is 0 Å². The maximum atomic E-state index is 9.84. The van der Waals surface area contributed by atoms with E-state index >= 15 is 0 Å². The average molecular weight is 260 g/mol. The van der Waals surface area contributed by atoms with Gasteiger partial charge in [0.2, 0.25) is 0 Å². The predicted octanol–water partition coefficient (Wildman–Crippen LogP) is 2.03. The number of hydrogen-bond donors (Lipinski definition) is 1. The Labute approximate surface area is 110 Å². The van der Waals surface area contributed by atoms with Crippen LogP contribution in [0, 0.1) is 6.92 Å². The molecule has 0 bridgehead atoms. The van der Waals surface area contributed by atoms with E-state index in [-0.39, 0.29) is 12.4 Å². The topological polar surface area (TPSA) is 32.7 Å². The van der Waals surface area contributed by atoms with E-state index in [2.05, 4.69) is 4.90 Å². The van der Waals surface area contributed by atoms with E-state index < -0.39 is 6.10 Å². The van der Waals surface area contributed by atoms with Gasteiger partial charge in [-0.15, -0.1) is 12.4 Å². The van der Waals surface area contributed by atoms with E-state index in [9.17, 15) is 5.11 Å². The van der Waals surface area contributed by atoms with Crippen molar-refractivity contribution in [3.05, 3.63) is 35.4 Å². The van der Waals surface area contributed by atoms with E-state index in [1.54, 1.807) is 0 Å². The molecule has 1 unspecified atom stereocenters. The highest BCUT2D eigenvalue weighted by atomic mass is 35.5. The van der Waals surface area contributed by atoms with E-state index in [4.69, 9.17) is 4.74 Å². The average Bonchev–Trinajstić information content (AvgIpc) is 2.25. The second kappa shape index (κ2) is 8.48. The summed E-state index contributed by atoms with van der Waals surface area (Å²) in [5, 5.41) is 9.84. The Bertz CT molecular complexity index is 301. The van der Waals surface area contributed by atoms with Crippen molar-refractivity contribution in [2.24, 2.45) is 0 Å². The predicted molar refractivity (Wildman–Crippen MR) is 72.8 cm³/mol. The molecule has 98 valence electrons. The molecule has 0 aliphatic carbocycles. The van der Waals surface area contributed by atoms with Crippen molar-refractivity contribution in [3.63, 3.8) is 0 Å². The summed E-state index contributed by atoms with van der Waals surface area (Å²) in [7, 11) is 4.00. The lowest BCUT2D eigenvalue weighted by Gasteiger charge is -2.13. The van der Waals surface area contributed by atoms with Crippen LogP contribution in [0.1, 0.15) is 17.2 Å². The summed E-state index contributed by atoms with van der Waals surface area (Å²) in [6.45, 7) is 3.91. The number of benzene rings is 1. The van der Waals surface area contributed by atoms with Crippen molar-refractivity contribution < 1.29 is 9.84 Å². The van der Waals surface area contributed by atoms with Gasteiger partial charge in [-0.1, -0.05) is 29.8 Å². The Hall–Kier alpha value is -0.610. The molecule has 0 spiro atoms. The Morgan fingerprint density at radius 3 is 2.35 bits per heavy atom. The third kappa shape index (κ3) is 6.64. The SMILES string of the molecule is Cc1ccc(C(O)COCCN(C)C)cc1.Cl. The monoisotopic (exact) mass is 259 g/mol. The lowest BCUT2D eigenvalue weighted by atomic mass is 10.1. The van der Waals surface area contributed by atoms with Gasteiger partial charge < -0.3 is 14.7 Å². The Kier molecular flexibility index (Phi) is 8.17. The molecule has 0 radical (unpaired) electrons. The van der Waals surface area contributed by atoms with Crippen LogP contribution in [-0.2, 0) is 4.74 Å². The van der Waals surface area contributed by atoms with Crippen LogP contribution in [0.25, 0.3) is 0 Å². The largest absolute Gasteiger partial charge is 0.386 e. The molecule has 3 nitrogen and oxygen atoms in total. The van der Waals surface area contributed by atoms with Gasteiger partial charge in [0.25, 0.3) is 0 Å². The summed E-state index contributed by atoms with van der Waals surface area (Å²) < 4.78 is 5.40. The molecule has 0 saturated heterocycles. The zero-order chi connectivity index (χ0) is 12.0. The smallest absolute Gasteiger partial charge is 0.102 e. The summed E-state index contributed by atoms with van der Waals surface area (Å²) in [5.41, 5.74) is 2.11. The van der Waals surface area contributed by atoms with Crippen LogP contribution in [0.5, 0.6) is 0 Å². The molecule has 1 atom stereocenters. The van der Waals surface area contributed by atoms with Gasteiger partial charge in [-0.05, 0) is 26.6 Å². The number of likely N-dealkylation sites (N-methyl/N-ethyl adjacent to an activating group) is 1. The third-order valence-corrected chi connectivity index (χ3v) is 2.42. The number of rotatable bonds is 6. The summed E-state index contributed by atoms with van der Waals surface area (Å²) in [6.07, 6.45) is -0.525. The number of ether oxygens (including phenoxy) is 1. The van der Waals surface area contributed by atoms with Crippen LogP contribution in [0.3, 0.4) is 0 Å². The molecule has 0 amide bonds. The minimum Gasteiger partial charge on any atom is -0.386 e. The second-order valence-corrected chi connectivity index (χ2v) is 4.30. The summed E-state index contributed by atoms with van der Waals surface area (Å²) in [4.78, 5) is 2.05. The van der Waals surface area contributed by atoms with Gasteiger partial charge in [0, 0.05) is 6.54 Å². The van der Waals surface area contributed by atoms with Crippen molar-refractivity contribution in [2.45, 2.75) is 13.0 Å². The maximum Gasteiger partial charge on any atom is 0.102 e. The highest BCUT2D eigenvalue weighted by Gasteiger charge is 2.06. The third-order valence-electron chi connectivity index (χ3n) is 2.42. The van der Waals surface area contributed by atoms with Crippen LogP contribution in [0.2, 0.25) is 0 Å². The highest BCUT2D eigenvalue weighted by molar-refractivity contribution is 5.85. The summed E-state index contributed by atoms with van der Waals surface area (Å²) in [6, 6.07) is 7.88. The van der Waals surface area contributed by atoms with Crippen LogP contribution >= 0.6 is 12.4 Å². The molecule has 0 heterocycles. The molecule has 0 aliphatic rings. The molecule has 4 heteroatoms. The normalized spacial score (nSPS) is 12.3. The van der Waals surface area contributed by atoms with Gasteiger partial charge in [0.05, 0.1) is 13.2 Å². The lowest BCUT2D eigenvalue weighted by Crippen LogP contribution is -2.19. The summed E-state index contributed by atoms with van der Waals surface area (Å²) in [5.74, 6) is 0. The van der Waals surface area contributed by atoms with Crippen LogP contribution in [-0.4, -0.2) is 43.9 Å². The first-order valence-corrected chi connectivity index (χ1v) is 5.56. The molecular weight excluding hydrogens is 238 g/mol. The van der Waals surface area contributed by atoms with Gasteiger partial charge in [-0.3, -0.25) is 0 Å². The quantitative estimate of drug-likeness (QED) is 0.794. The minimum atomic E-state index is -0.525. The molecule has 1 rings (SSSR count). The number of aliphatic hydroxyl groups excluding tert-OH is 1. The minimum absolute atomic E-state index is 0. The first-order chi connectivity index (χ1) is 7.59. The van der Waals surface area contributed by atoms with Gasteiger partial charge in [-0.2, -0.15) is 0 Å². The molecule has 1 N–H and O–H groups in total. The van der Waals surface area contributed by atoms with Crippen LogP contribution in [0.4, 0.5) is 0 Å².